The Balaban J connectivity index is 1.42. The molecule has 0 spiro atoms. The molecule has 170 valence electrons. The molecule has 3 aromatic rings. The zero-order valence-corrected chi connectivity index (χ0v) is 19.0. The molecule has 1 aliphatic heterocycles. The lowest BCUT2D eigenvalue weighted by atomic mass is 9.84. The molecule has 2 unspecified atom stereocenters. The summed E-state index contributed by atoms with van der Waals surface area (Å²) in [6.45, 7) is 0.965. The van der Waals surface area contributed by atoms with Gasteiger partial charge in [0.2, 0.25) is 10.0 Å². The van der Waals surface area contributed by atoms with Gasteiger partial charge < -0.3 is 14.8 Å². The van der Waals surface area contributed by atoms with E-state index in [-0.39, 0.29) is 30.0 Å². The van der Waals surface area contributed by atoms with Crippen molar-refractivity contribution >= 4 is 10.0 Å². The summed E-state index contributed by atoms with van der Waals surface area (Å²) in [5.41, 5.74) is 2.36. The summed E-state index contributed by atoms with van der Waals surface area (Å²) >= 11 is 0. The molecule has 0 amide bonds. The number of sulfonamides is 1. The van der Waals surface area contributed by atoms with Crippen LogP contribution in [0.5, 0.6) is 11.5 Å². The Morgan fingerprint density at radius 3 is 2.75 bits per heavy atom. The highest BCUT2D eigenvalue weighted by Gasteiger charge is 2.30. The monoisotopic (exact) mass is 456 g/mol. The van der Waals surface area contributed by atoms with Crippen LogP contribution in [0.4, 0.5) is 0 Å². The standard InChI is InChI=1S/C23H28N4O4S/c1-24-22-16-31-23-9-8-18(13-21(23)20(22)12-17-6-4-3-5-7-17)30-11-10-26-32(28,29)19-14-25-27(2)15-19/h3-9,13-15,20,22,24,26H,10-12,16H2,1-2H3. The van der Waals surface area contributed by atoms with Crippen LogP contribution in [0, 0.1) is 0 Å². The predicted octanol–water partition coefficient (Wildman–Crippen LogP) is 2.08. The van der Waals surface area contributed by atoms with Crippen LogP contribution in [-0.2, 0) is 23.5 Å². The first-order valence-corrected chi connectivity index (χ1v) is 12.0. The van der Waals surface area contributed by atoms with Gasteiger partial charge in [0.05, 0.1) is 6.20 Å². The van der Waals surface area contributed by atoms with Crippen molar-refractivity contribution in [1.29, 1.82) is 0 Å². The first kappa shape index (κ1) is 22.3. The van der Waals surface area contributed by atoms with Crippen molar-refractivity contribution in [2.75, 3.05) is 26.8 Å². The van der Waals surface area contributed by atoms with E-state index in [1.165, 1.54) is 22.6 Å². The largest absolute Gasteiger partial charge is 0.492 e. The van der Waals surface area contributed by atoms with E-state index in [0.717, 1.165) is 17.7 Å². The van der Waals surface area contributed by atoms with Gasteiger partial charge in [0.15, 0.2) is 0 Å². The minimum Gasteiger partial charge on any atom is -0.492 e. The van der Waals surface area contributed by atoms with Crippen LogP contribution in [0.2, 0.25) is 0 Å². The van der Waals surface area contributed by atoms with Crippen molar-refractivity contribution in [2.45, 2.75) is 23.3 Å². The van der Waals surface area contributed by atoms with Crippen molar-refractivity contribution in [2.24, 2.45) is 7.05 Å². The summed E-state index contributed by atoms with van der Waals surface area (Å²) in [7, 11) is 0.0185. The lowest BCUT2D eigenvalue weighted by Crippen LogP contribution is -2.41. The Bertz CT molecular complexity index is 1150. The van der Waals surface area contributed by atoms with Gasteiger partial charge in [0.1, 0.15) is 29.6 Å². The lowest BCUT2D eigenvalue weighted by molar-refractivity contribution is 0.217. The van der Waals surface area contributed by atoms with Crippen molar-refractivity contribution in [3.05, 3.63) is 72.1 Å². The molecular weight excluding hydrogens is 428 g/mol. The molecule has 2 aromatic carbocycles. The first-order valence-electron chi connectivity index (χ1n) is 10.6. The van der Waals surface area contributed by atoms with Crippen LogP contribution < -0.4 is 19.5 Å². The number of nitrogens with zero attached hydrogens (tertiary/aromatic N) is 2. The molecule has 1 aromatic heterocycles. The molecule has 2 N–H and O–H groups in total. The van der Waals surface area contributed by atoms with E-state index in [2.05, 4.69) is 39.4 Å². The summed E-state index contributed by atoms with van der Waals surface area (Å²) in [6.07, 6.45) is 3.66. The first-order chi connectivity index (χ1) is 15.5. The minimum absolute atomic E-state index is 0.132. The number of nitrogens with one attached hydrogen (secondary N) is 2. The smallest absolute Gasteiger partial charge is 0.243 e. The fourth-order valence-electron chi connectivity index (χ4n) is 3.92. The quantitative estimate of drug-likeness (QED) is 0.479. The van der Waals surface area contributed by atoms with Gasteiger partial charge in [0.25, 0.3) is 0 Å². The second-order valence-corrected chi connectivity index (χ2v) is 9.56. The number of likely N-dealkylation sites (N-methyl/N-ethyl adjacent to an activating group) is 1. The van der Waals surface area contributed by atoms with E-state index in [0.29, 0.717) is 12.4 Å². The molecule has 9 heteroatoms. The van der Waals surface area contributed by atoms with Crippen LogP contribution in [0.3, 0.4) is 0 Å². The number of fused-ring (bicyclic) bond motifs is 1. The summed E-state index contributed by atoms with van der Waals surface area (Å²) in [4.78, 5) is 0.132. The van der Waals surface area contributed by atoms with Crippen LogP contribution in [0.25, 0.3) is 0 Å². The highest BCUT2D eigenvalue weighted by Crippen LogP contribution is 2.38. The average Bonchev–Trinajstić information content (AvgIpc) is 3.25. The third-order valence-corrected chi connectivity index (χ3v) is 7.02. The number of benzene rings is 2. The number of aryl methyl sites for hydroxylation is 1. The summed E-state index contributed by atoms with van der Waals surface area (Å²) in [5, 5.41) is 7.27. The maximum Gasteiger partial charge on any atom is 0.243 e. The maximum atomic E-state index is 12.3. The number of hydrogen-bond donors (Lipinski definition) is 2. The molecule has 0 saturated heterocycles. The molecule has 4 rings (SSSR count). The SMILES string of the molecule is CNC1COc2ccc(OCCNS(=O)(=O)c3cnn(C)c3)cc2C1Cc1ccccc1. The topological polar surface area (TPSA) is 94.5 Å². The second kappa shape index (κ2) is 9.72. The average molecular weight is 457 g/mol. The van der Waals surface area contributed by atoms with Crippen LogP contribution in [-0.4, -0.2) is 51.0 Å². The van der Waals surface area contributed by atoms with Gasteiger partial charge in [-0.1, -0.05) is 30.3 Å². The lowest BCUT2D eigenvalue weighted by Gasteiger charge is -2.34. The van der Waals surface area contributed by atoms with Gasteiger partial charge >= 0.3 is 0 Å². The zero-order chi connectivity index (χ0) is 22.6. The highest BCUT2D eigenvalue weighted by atomic mass is 32.2. The maximum absolute atomic E-state index is 12.3. The third-order valence-electron chi connectivity index (χ3n) is 5.61. The van der Waals surface area contributed by atoms with Gasteiger partial charge in [-0.2, -0.15) is 5.10 Å². The zero-order valence-electron chi connectivity index (χ0n) is 18.2. The molecule has 2 heterocycles. The fraction of sp³-hybridized carbons (Fsp3) is 0.348. The van der Waals surface area contributed by atoms with Crippen molar-refractivity contribution in [3.63, 3.8) is 0 Å². The Labute approximate surface area is 188 Å². The molecular formula is C23H28N4O4S. The van der Waals surface area contributed by atoms with Crippen LogP contribution in [0.1, 0.15) is 17.0 Å². The molecule has 0 fully saturated rings. The number of ether oxygens (including phenoxy) is 2. The second-order valence-electron chi connectivity index (χ2n) is 7.80. The van der Waals surface area contributed by atoms with Crippen molar-refractivity contribution < 1.29 is 17.9 Å². The third kappa shape index (κ3) is 5.12. The molecule has 0 saturated carbocycles. The van der Waals surface area contributed by atoms with Crippen molar-refractivity contribution in [1.82, 2.24) is 19.8 Å². The van der Waals surface area contributed by atoms with Gasteiger partial charge in [-0.25, -0.2) is 13.1 Å². The van der Waals surface area contributed by atoms with E-state index >= 15 is 0 Å². The molecule has 32 heavy (non-hydrogen) atoms. The van der Waals surface area contributed by atoms with Gasteiger partial charge in [-0.15, -0.1) is 0 Å². The molecule has 1 aliphatic rings. The normalized spacial score (nSPS) is 18.1. The Hall–Kier alpha value is -2.88. The number of hydrogen-bond acceptors (Lipinski definition) is 6. The number of aromatic nitrogens is 2. The Kier molecular flexibility index (Phi) is 6.78. The van der Waals surface area contributed by atoms with Gasteiger partial charge in [-0.05, 0) is 37.2 Å². The van der Waals surface area contributed by atoms with E-state index in [1.807, 2.05) is 31.3 Å². The Morgan fingerprint density at radius 2 is 2.03 bits per heavy atom. The van der Waals surface area contributed by atoms with E-state index in [4.69, 9.17) is 9.47 Å². The van der Waals surface area contributed by atoms with Crippen LogP contribution >= 0.6 is 0 Å². The summed E-state index contributed by atoms with van der Waals surface area (Å²) in [6, 6.07) is 16.4. The minimum atomic E-state index is -3.60. The molecule has 0 aliphatic carbocycles. The summed E-state index contributed by atoms with van der Waals surface area (Å²) < 4.78 is 40.4. The number of rotatable bonds is 9. The molecule has 0 radical (unpaired) electrons. The van der Waals surface area contributed by atoms with Crippen LogP contribution in [0.15, 0.2) is 65.8 Å². The highest BCUT2D eigenvalue weighted by molar-refractivity contribution is 7.89. The summed E-state index contributed by atoms with van der Waals surface area (Å²) in [5.74, 6) is 1.78. The van der Waals surface area contributed by atoms with Gasteiger partial charge in [0, 0.05) is 37.3 Å². The van der Waals surface area contributed by atoms with E-state index in [1.54, 1.807) is 7.05 Å². The fourth-order valence-corrected chi connectivity index (χ4v) is 4.92. The van der Waals surface area contributed by atoms with E-state index < -0.39 is 10.0 Å². The molecule has 8 nitrogen and oxygen atoms in total. The van der Waals surface area contributed by atoms with Gasteiger partial charge in [-0.3, -0.25) is 4.68 Å². The molecule has 2 atom stereocenters. The predicted molar refractivity (Wildman–Crippen MR) is 122 cm³/mol. The van der Waals surface area contributed by atoms with Crippen molar-refractivity contribution in [3.8, 4) is 11.5 Å². The van der Waals surface area contributed by atoms with E-state index in [9.17, 15) is 8.42 Å². The Morgan fingerprint density at radius 1 is 1.22 bits per heavy atom. The molecule has 0 bridgehead atoms.